The van der Waals surface area contributed by atoms with E-state index in [-0.39, 0.29) is 11.9 Å². The van der Waals surface area contributed by atoms with Gasteiger partial charge in [-0.15, -0.1) is 0 Å². The van der Waals surface area contributed by atoms with E-state index in [4.69, 9.17) is 40.2 Å². The second-order valence-electron chi connectivity index (χ2n) is 8.62. The molecule has 0 spiro atoms. The topological polar surface area (TPSA) is 127 Å². The maximum absolute atomic E-state index is 5.94. The van der Waals surface area contributed by atoms with Gasteiger partial charge < -0.3 is 35.2 Å². The van der Waals surface area contributed by atoms with E-state index in [0.717, 1.165) is 6.42 Å². The molecule has 1 aliphatic carbocycles. The number of guanidine groups is 1. The van der Waals surface area contributed by atoms with Crippen molar-refractivity contribution in [1.82, 2.24) is 0 Å². The zero-order valence-corrected chi connectivity index (χ0v) is 21.2. The van der Waals surface area contributed by atoms with E-state index >= 15 is 0 Å². The predicted molar refractivity (Wildman–Crippen MR) is 129 cm³/mol. The average molecular weight is 457 g/mol. The molecule has 31 heavy (non-hydrogen) atoms. The molecule has 0 aliphatic heterocycles. The van der Waals surface area contributed by atoms with Crippen molar-refractivity contribution < 1.29 is 18.0 Å². The van der Waals surface area contributed by atoms with E-state index in [9.17, 15) is 0 Å². The number of ether oxygens (including phenoxy) is 1. The fourth-order valence-electron chi connectivity index (χ4n) is 4.37. The van der Waals surface area contributed by atoms with E-state index in [0.29, 0.717) is 50.7 Å². The van der Waals surface area contributed by atoms with Gasteiger partial charge in [-0.3, -0.25) is 0 Å². The Bertz CT molecular complexity index is 617. The lowest BCUT2D eigenvalue weighted by Crippen LogP contribution is -2.45. The molecule has 0 aromatic heterocycles. The molecule has 1 aliphatic rings. The summed E-state index contributed by atoms with van der Waals surface area (Å²) in [6, 6.07) is 0.690. The number of allylic oxidation sites excluding steroid dienone is 2. The molecule has 2 unspecified atom stereocenters. The van der Waals surface area contributed by atoms with Gasteiger partial charge >= 0.3 is 8.80 Å². The Morgan fingerprint density at radius 1 is 1.13 bits per heavy atom. The van der Waals surface area contributed by atoms with Crippen LogP contribution in [-0.2, 0) is 18.0 Å². The Kier molecular flexibility index (Phi) is 12.0. The van der Waals surface area contributed by atoms with E-state index < -0.39 is 14.3 Å². The van der Waals surface area contributed by atoms with Crippen LogP contribution < -0.4 is 17.2 Å². The van der Waals surface area contributed by atoms with E-state index in [1.807, 2.05) is 0 Å². The first-order valence-electron chi connectivity index (χ1n) is 11.2. The highest BCUT2D eigenvalue weighted by molar-refractivity contribution is 6.60. The van der Waals surface area contributed by atoms with E-state index in [1.165, 1.54) is 5.57 Å². The molecule has 0 bridgehead atoms. The molecule has 0 saturated carbocycles. The third-order valence-electron chi connectivity index (χ3n) is 5.75. The van der Waals surface area contributed by atoms with Crippen molar-refractivity contribution >= 4 is 14.8 Å². The summed E-state index contributed by atoms with van der Waals surface area (Å²) in [6.07, 6.45) is 7.86. The molecule has 0 fully saturated rings. The van der Waals surface area contributed by atoms with Crippen LogP contribution in [0.4, 0.5) is 0 Å². The molecular weight excluding hydrogens is 412 g/mol. The molecule has 180 valence electrons. The maximum atomic E-state index is 5.94. The van der Waals surface area contributed by atoms with Crippen LogP contribution in [0.2, 0.25) is 6.04 Å². The minimum absolute atomic E-state index is 0.0968. The lowest BCUT2D eigenvalue weighted by atomic mass is 9.66. The summed E-state index contributed by atoms with van der Waals surface area (Å²) >= 11 is 0. The number of nitrogens with zero attached hydrogens (tertiary/aromatic N) is 1. The first-order valence-corrected chi connectivity index (χ1v) is 13.1. The van der Waals surface area contributed by atoms with Gasteiger partial charge in [-0.05, 0) is 24.8 Å². The van der Waals surface area contributed by atoms with Gasteiger partial charge in [0.1, 0.15) is 0 Å². The van der Waals surface area contributed by atoms with Gasteiger partial charge in [0.25, 0.3) is 0 Å². The van der Waals surface area contributed by atoms with Crippen molar-refractivity contribution in [1.29, 1.82) is 0 Å². The zero-order chi connectivity index (χ0) is 23.5. The molecule has 0 saturated heterocycles. The first-order chi connectivity index (χ1) is 14.7. The van der Waals surface area contributed by atoms with Crippen LogP contribution in [0.3, 0.4) is 0 Å². The quantitative estimate of drug-likeness (QED) is 0.149. The minimum atomic E-state index is -2.67. The molecule has 0 aromatic carbocycles. The highest BCUT2D eigenvalue weighted by Crippen LogP contribution is 2.43. The van der Waals surface area contributed by atoms with Crippen molar-refractivity contribution in [2.45, 2.75) is 52.1 Å². The summed E-state index contributed by atoms with van der Waals surface area (Å²) < 4.78 is 23.0. The Balaban J connectivity index is 2.76. The molecule has 9 heteroatoms. The SMILES string of the molecule is CO[Si](CCCN)(OC)OCCOCCC1(N=C(N)N)C=CC=C(C(C)C)C1C(C)C. The molecule has 6 N–H and O–H groups in total. The Labute approximate surface area is 189 Å². The Hall–Kier alpha value is -1.23. The minimum Gasteiger partial charge on any atom is -0.379 e. The van der Waals surface area contributed by atoms with Crippen LogP contribution in [0.15, 0.2) is 28.8 Å². The molecule has 1 rings (SSSR count). The summed E-state index contributed by atoms with van der Waals surface area (Å²) in [6.45, 7) is 10.8. The van der Waals surface area contributed by atoms with Crippen LogP contribution in [0, 0.1) is 17.8 Å². The van der Waals surface area contributed by atoms with Crippen molar-refractivity contribution in [2.24, 2.45) is 39.9 Å². The number of rotatable bonds is 15. The molecule has 0 aromatic rings. The van der Waals surface area contributed by atoms with Gasteiger partial charge in [-0.1, -0.05) is 51.5 Å². The van der Waals surface area contributed by atoms with Crippen molar-refractivity contribution in [3.8, 4) is 0 Å². The van der Waals surface area contributed by atoms with Crippen molar-refractivity contribution in [3.63, 3.8) is 0 Å². The second kappa shape index (κ2) is 13.3. The highest BCUT2D eigenvalue weighted by Gasteiger charge is 2.42. The summed E-state index contributed by atoms with van der Waals surface area (Å²) in [7, 11) is 0.562. The fraction of sp³-hybridized carbons (Fsp3) is 0.773. The van der Waals surface area contributed by atoms with Crippen LogP contribution >= 0.6 is 0 Å². The smallest absolute Gasteiger partial charge is 0.379 e. The molecule has 0 heterocycles. The molecule has 2 atom stereocenters. The van der Waals surface area contributed by atoms with Crippen LogP contribution in [0.25, 0.3) is 0 Å². The van der Waals surface area contributed by atoms with Crippen molar-refractivity contribution in [2.75, 3.05) is 40.6 Å². The molecule has 0 amide bonds. The zero-order valence-electron chi connectivity index (χ0n) is 20.2. The number of hydrogen-bond acceptors (Lipinski definition) is 6. The summed E-state index contributed by atoms with van der Waals surface area (Å²) in [5.74, 6) is 1.09. The summed E-state index contributed by atoms with van der Waals surface area (Å²) in [5, 5.41) is 0. The Morgan fingerprint density at radius 2 is 1.81 bits per heavy atom. The van der Waals surface area contributed by atoms with E-state index in [2.05, 4.69) is 45.9 Å². The lowest BCUT2D eigenvalue weighted by molar-refractivity contribution is 0.0429. The monoisotopic (exact) mass is 456 g/mol. The van der Waals surface area contributed by atoms with Crippen LogP contribution in [0.5, 0.6) is 0 Å². The normalized spacial score (nSPS) is 21.6. The maximum Gasteiger partial charge on any atom is 0.500 e. The third-order valence-corrected chi connectivity index (χ3v) is 8.60. The standard InChI is InChI=1S/C22H44N4O4Si/c1-17(2)19-9-7-10-22(26-21(24)25,20(19)18(3)4)11-13-29-14-15-30-31(27-5,28-6)16-8-12-23/h7,9-10,17-18,20H,8,11-16,23H2,1-6H3,(H4,24,25,26). The van der Waals surface area contributed by atoms with Gasteiger partial charge in [0, 0.05) is 39.2 Å². The van der Waals surface area contributed by atoms with Gasteiger partial charge in [0.2, 0.25) is 0 Å². The lowest BCUT2D eigenvalue weighted by Gasteiger charge is -2.42. The number of hydrogen-bond donors (Lipinski definition) is 3. The number of aliphatic imine (C=N–C) groups is 1. The summed E-state index contributed by atoms with van der Waals surface area (Å²) in [4.78, 5) is 4.71. The Morgan fingerprint density at radius 3 is 2.32 bits per heavy atom. The van der Waals surface area contributed by atoms with Gasteiger partial charge in [0.15, 0.2) is 5.96 Å². The van der Waals surface area contributed by atoms with Crippen LogP contribution in [0.1, 0.15) is 40.5 Å². The molecule has 8 nitrogen and oxygen atoms in total. The number of nitrogens with two attached hydrogens (primary N) is 3. The van der Waals surface area contributed by atoms with Gasteiger partial charge in [-0.25, -0.2) is 4.99 Å². The van der Waals surface area contributed by atoms with Gasteiger partial charge in [-0.2, -0.15) is 0 Å². The fourth-order valence-corrected chi connectivity index (χ4v) is 6.35. The predicted octanol–water partition coefficient (Wildman–Crippen LogP) is 2.43. The average Bonchev–Trinajstić information content (AvgIpc) is 2.72. The molecule has 0 radical (unpaired) electrons. The van der Waals surface area contributed by atoms with Crippen LogP contribution in [-0.4, -0.2) is 60.9 Å². The third kappa shape index (κ3) is 8.00. The largest absolute Gasteiger partial charge is 0.500 e. The van der Waals surface area contributed by atoms with Crippen molar-refractivity contribution in [3.05, 3.63) is 23.8 Å². The summed E-state index contributed by atoms with van der Waals surface area (Å²) in [5.41, 5.74) is 18.1. The second-order valence-corrected chi connectivity index (χ2v) is 11.6. The highest BCUT2D eigenvalue weighted by atomic mass is 28.4. The molecular formula is C22H44N4O4Si. The van der Waals surface area contributed by atoms with Gasteiger partial charge in [0.05, 0.1) is 18.8 Å². The van der Waals surface area contributed by atoms with E-state index in [1.54, 1.807) is 14.2 Å². The first kappa shape index (κ1) is 27.8.